The third-order valence-corrected chi connectivity index (χ3v) is 4.07. The lowest BCUT2D eigenvalue weighted by atomic mass is 10.2. The Balaban J connectivity index is 1.67. The van der Waals surface area contributed by atoms with Crippen molar-refractivity contribution in [3.63, 3.8) is 0 Å². The number of ether oxygens (including phenoxy) is 2. The summed E-state index contributed by atoms with van der Waals surface area (Å²) in [7, 11) is 0. The normalized spacial score (nSPS) is 11.1. The molecule has 0 aliphatic heterocycles. The summed E-state index contributed by atoms with van der Waals surface area (Å²) < 4.78 is 13.0. The molecule has 0 N–H and O–H groups in total. The Kier molecular flexibility index (Phi) is 5.56. The molecule has 0 spiro atoms. The summed E-state index contributed by atoms with van der Waals surface area (Å²) in [4.78, 5) is 13.7. The molecule has 0 aliphatic rings. The molecule has 128 valence electrons. The maximum Gasteiger partial charge on any atom is 0.344 e. The molecule has 25 heavy (non-hydrogen) atoms. The lowest BCUT2D eigenvalue weighted by Crippen LogP contribution is -2.14. The van der Waals surface area contributed by atoms with E-state index in [2.05, 4.69) is 15.9 Å². The van der Waals surface area contributed by atoms with E-state index < -0.39 is 5.97 Å². The largest absolute Gasteiger partial charge is 0.481 e. The predicted molar refractivity (Wildman–Crippen MR) is 103 cm³/mol. The lowest BCUT2D eigenvalue weighted by Gasteiger charge is -2.08. The predicted octanol–water partition coefficient (Wildman–Crippen LogP) is 4.90. The van der Waals surface area contributed by atoms with E-state index in [1.807, 2.05) is 72.3 Å². The Bertz CT molecular complexity index is 900. The first-order valence-corrected chi connectivity index (χ1v) is 8.80. The Labute approximate surface area is 154 Å². The van der Waals surface area contributed by atoms with Crippen molar-refractivity contribution in [2.45, 2.75) is 13.5 Å². The summed E-state index contributed by atoms with van der Waals surface area (Å²) in [6.45, 7) is 2.15. The number of hydrogen-bond donors (Lipinski definition) is 0. The van der Waals surface area contributed by atoms with Gasteiger partial charge in [0.05, 0.1) is 5.52 Å². The summed E-state index contributed by atoms with van der Waals surface area (Å²) in [5.74, 6) is 0.274. The molecule has 0 bridgehead atoms. The Morgan fingerprint density at radius 1 is 1.16 bits per heavy atom. The third kappa shape index (κ3) is 4.12. The SMILES string of the molecule is Cc1cc2c(OCC(=O)OCc3ccccc3)cccc2n1/C=C\Br. The monoisotopic (exact) mass is 399 g/mol. The van der Waals surface area contributed by atoms with Gasteiger partial charge in [-0.2, -0.15) is 0 Å². The fourth-order valence-corrected chi connectivity index (χ4v) is 2.89. The van der Waals surface area contributed by atoms with Crippen LogP contribution in [0.5, 0.6) is 5.75 Å². The fraction of sp³-hybridized carbons (Fsp3) is 0.150. The minimum Gasteiger partial charge on any atom is -0.481 e. The first kappa shape index (κ1) is 17.3. The van der Waals surface area contributed by atoms with E-state index in [0.29, 0.717) is 5.75 Å². The minimum absolute atomic E-state index is 0.121. The summed E-state index contributed by atoms with van der Waals surface area (Å²) in [6.07, 6.45) is 1.93. The number of carbonyl (C=O) groups excluding carboxylic acids is 1. The molecular weight excluding hydrogens is 382 g/mol. The van der Waals surface area contributed by atoms with Gasteiger partial charge >= 0.3 is 5.97 Å². The average molecular weight is 400 g/mol. The molecule has 0 radical (unpaired) electrons. The topological polar surface area (TPSA) is 40.5 Å². The number of benzene rings is 2. The summed E-state index contributed by atoms with van der Waals surface area (Å²) >= 11 is 3.30. The Morgan fingerprint density at radius 2 is 1.96 bits per heavy atom. The average Bonchev–Trinajstić information content (AvgIpc) is 2.96. The van der Waals surface area contributed by atoms with Gasteiger partial charge in [0.25, 0.3) is 0 Å². The van der Waals surface area contributed by atoms with Crippen LogP contribution in [0.25, 0.3) is 17.1 Å². The molecule has 2 aromatic carbocycles. The molecule has 0 aliphatic carbocycles. The number of fused-ring (bicyclic) bond motifs is 1. The zero-order valence-electron chi connectivity index (χ0n) is 13.8. The van der Waals surface area contributed by atoms with Crippen molar-refractivity contribution >= 4 is 39.0 Å². The number of aryl methyl sites for hydroxylation is 1. The number of aromatic nitrogens is 1. The van der Waals surface area contributed by atoms with E-state index in [9.17, 15) is 4.79 Å². The van der Waals surface area contributed by atoms with Crippen LogP contribution >= 0.6 is 15.9 Å². The number of rotatable bonds is 6. The van der Waals surface area contributed by atoms with Crippen molar-refractivity contribution in [3.8, 4) is 5.75 Å². The molecule has 0 amide bonds. The van der Waals surface area contributed by atoms with Gasteiger partial charge in [0.15, 0.2) is 6.61 Å². The van der Waals surface area contributed by atoms with Crippen LogP contribution in [0.3, 0.4) is 0 Å². The van der Waals surface area contributed by atoms with Crippen LogP contribution in [0.4, 0.5) is 0 Å². The molecular formula is C20H18BrNO3. The van der Waals surface area contributed by atoms with E-state index in [1.54, 1.807) is 4.99 Å². The van der Waals surface area contributed by atoms with Crippen LogP contribution in [0.2, 0.25) is 0 Å². The van der Waals surface area contributed by atoms with E-state index in [-0.39, 0.29) is 13.2 Å². The second kappa shape index (κ2) is 8.03. The number of nitrogens with zero attached hydrogens (tertiary/aromatic N) is 1. The molecule has 0 unspecified atom stereocenters. The lowest BCUT2D eigenvalue weighted by molar-refractivity contribution is -0.147. The highest BCUT2D eigenvalue weighted by atomic mass is 79.9. The van der Waals surface area contributed by atoms with Crippen LogP contribution in [0.1, 0.15) is 11.3 Å². The van der Waals surface area contributed by atoms with Crippen LogP contribution in [-0.2, 0) is 16.1 Å². The molecule has 0 saturated carbocycles. The number of esters is 1. The van der Waals surface area contributed by atoms with E-state index in [1.165, 1.54) is 0 Å². The fourth-order valence-electron chi connectivity index (χ4n) is 2.65. The van der Waals surface area contributed by atoms with Gasteiger partial charge in [-0.25, -0.2) is 4.79 Å². The van der Waals surface area contributed by atoms with Crippen molar-refractivity contribution in [2.75, 3.05) is 6.61 Å². The van der Waals surface area contributed by atoms with Gasteiger partial charge in [0, 0.05) is 17.3 Å². The smallest absolute Gasteiger partial charge is 0.344 e. The van der Waals surface area contributed by atoms with Crippen molar-refractivity contribution in [3.05, 3.63) is 70.8 Å². The van der Waals surface area contributed by atoms with Gasteiger partial charge in [0.1, 0.15) is 12.4 Å². The standard InChI is InChI=1S/C20H18BrNO3/c1-15-12-17-18(22(15)11-10-21)8-5-9-19(17)24-14-20(23)25-13-16-6-3-2-4-7-16/h2-12H,13-14H2,1H3/b11-10-. The van der Waals surface area contributed by atoms with Crippen molar-refractivity contribution in [1.82, 2.24) is 4.57 Å². The third-order valence-electron chi connectivity index (χ3n) is 3.83. The van der Waals surface area contributed by atoms with Crippen LogP contribution in [0, 0.1) is 6.92 Å². The van der Waals surface area contributed by atoms with Gasteiger partial charge < -0.3 is 14.0 Å². The number of hydrogen-bond acceptors (Lipinski definition) is 3. The summed E-state index contributed by atoms with van der Waals surface area (Å²) in [5.41, 5.74) is 3.05. The Hall–Kier alpha value is -2.53. The van der Waals surface area contributed by atoms with E-state index in [4.69, 9.17) is 9.47 Å². The summed E-state index contributed by atoms with van der Waals surface area (Å²) in [5, 5.41) is 0.960. The van der Waals surface area contributed by atoms with E-state index in [0.717, 1.165) is 22.2 Å². The minimum atomic E-state index is -0.391. The van der Waals surface area contributed by atoms with E-state index >= 15 is 0 Å². The van der Waals surface area contributed by atoms with Gasteiger partial charge in [-0.3, -0.25) is 0 Å². The van der Waals surface area contributed by atoms with Gasteiger partial charge in [-0.15, -0.1) is 0 Å². The van der Waals surface area contributed by atoms with Crippen molar-refractivity contribution in [2.24, 2.45) is 0 Å². The second-order valence-corrected chi connectivity index (χ2v) is 6.08. The highest BCUT2D eigenvalue weighted by Crippen LogP contribution is 2.29. The highest BCUT2D eigenvalue weighted by Gasteiger charge is 2.11. The molecule has 1 heterocycles. The maximum absolute atomic E-state index is 11.9. The van der Waals surface area contributed by atoms with Gasteiger partial charge in [-0.1, -0.05) is 52.3 Å². The summed E-state index contributed by atoms with van der Waals surface area (Å²) in [6, 6.07) is 17.4. The molecule has 3 rings (SSSR count). The van der Waals surface area contributed by atoms with Crippen LogP contribution in [-0.4, -0.2) is 17.1 Å². The molecule has 0 fully saturated rings. The zero-order valence-corrected chi connectivity index (χ0v) is 15.4. The second-order valence-electron chi connectivity index (χ2n) is 5.55. The van der Waals surface area contributed by atoms with Crippen LogP contribution < -0.4 is 4.74 Å². The quantitative estimate of drug-likeness (QED) is 0.553. The molecule has 3 aromatic rings. The zero-order chi connectivity index (χ0) is 17.6. The molecule has 1 aromatic heterocycles. The van der Waals surface area contributed by atoms with Gasteiger partial charge in [-0.05, 0) is 35.7 Å². The van der Waals surface area contributed by atoms with Gasteiger partial charge in [0.2, 0.25) is 0 Å². The number of carbonyl (C=O) groups is 1. The molecule has 4 nitrogen and oxygen atoms in total. The maximum atomic E-state index is 11.9. The van der Waals surface area contributed by atoms with Crippen molar-refractivity contribution in [1.29, 1.82) is 0 Å². The first-order valence-electron chi connectivity index (χ1n) is 7.89. The number of halogens is 1. The Morgan fingerprint density at radius 3 is 2.72 bits per heavy atom. The molecule has 0 atom stereocenters. The highest BCUT2D eigenvalue weighted by molar-refractivity contribution is 9.11. The molecule has 0 saturated heterocycles. The first-order chi connectivity index (χ1) is 12.2. The van der Waals surface area contributed by atoms with Crippen LogP contribution in [0.15, 0.2) is 59.6 Å². The van der Waals surface area contributed by atoms with Crippen molar-refractivity contribution < 1.29 is 14.3 Å². The molecule has 5 heteroatoms.